The fourth-order valence-electron chi connectivity index (χ4n) is 1.80. The summed E-state index contributed by atoms with van der Waals surface area (Å²) in [5.74, 6) is -0.0261. The van der Waals surface area contributed by atoms with E-state index in [9.17, 15) is 9.90 Å². The molecule has 82 valence electrons. The van der Waals surface area contributed by atoms with Gasteiger partial charge in [-0.05, 0) is 36.8 Å². The van der Waals surface area contributed by atoms with Crippen LogP contribution in [0.2, 0.25) is 0 Å². The molecule has 1 heterocycles. The van der Waals surface area contributed by atoms with Crippen LogP contribution < -0.4 is 5.32 Å². The maximum Gasteiger partial charge on any atom is 0.233 e. The predicted molar refractivity (Wildman–Crippen MR) is 61.1 cm³/mol. The van der Waals surface area contributed by atoms with Crippen molar-refractivity contribution < 1.29 is 9.90 Å². The zero-order valence-corrected chi connectivity index (χ0v) is 9.56. The molecule has 1 aliphatic rings. The summed E-state index contributed by atoms with van der Waals surface area (Å²) in [6, 6.07) is 1.98. The van der Waals surface area contributed by atoms with Crippen molar-refractivity contribution in [3.63, 3.8) is 0 Å². The number of nitrogens with one attached hydrogen (secondary N) is 1. The lowest BCUT2D eigenvalue weighted by atomic mass is 9.69. The van der Waals surface area contributed by atoms with Gasteiger partial charge in [-0.2, -0.15) is 0 Å². The van der Waals surface area contributed by atoms with Crippen LogP contribution in [0.4, 0.5) is 5.00 Å². The Kier molecular flexibility index (Phi) is 2.80. The molecule has 3 nitrogen and oxygen atoms in total. The smallest absolute Gasteiger partial charge is 0.233 e. The van der Waals surface area contributed by atoms with Gasteiger partial charge in [0.05, 0.1) is 17.0 Å². The number of anilines is 1. The molecule has 0 radical (unpaired) electrons. The molecule has 0 bridgehead atoms. The van der Waals surface area contributed by atoms with Gasteiger partial charge in [0, 0.05) is 0 Å². The number of hydrogen-bond donors (Lipinski definition) is 2. The first-order valence-corrected chi connectivity index (χ1v) is 6.02. The fourth-order valence-corrected chi connectivity index (χ4v) is 2.61. The zero-order chi connectivity index (χ0) is 10.9. The maximum atomic E-state index is 11.9. The van der Waals surface area contributed by atoms with Gasteiger partial charge in [-0.15, -0.1) is 11.3 Å². The van der Waals surface area contributed by atoms with Crippen molar-refractivity contribution in [2.24, 2.45) is 5.41 Å². The Morgan fingerprint density at radius 3 is 2.80 bits per heavy atom. The molecule has 1 saturated carbocycles. The highest BCUT2D eigenvalue weighted by Crippen LogP contribution is 2.41. The van der Waals surface area contributed by atoms with Gasteiger partial charge in [0.2, 0.25) is 5.91 Å². The quantitative estimate of drug-likeness (QED) is 0.828. The summed E-state index contributed by atoms with van der Waals surface area (Å²) < 4.78 is 0. The van der Waals surface area contributed by atoms with Gasteiger partial charge in [0.1, 0.15) is 0 Å². The highest BCUT2D eigenvalue weighted by atomic mass is 32.1. The predicted octanol–water partition coefficient (Wildman–Crippen LogP) is 2.16. The molecule has 0 aliphatic heterocycles. The molecule has 1 aliphatic carbocycles. The summed E-state index contributed by atoms with van der Waals surface area (Å²) in [5.41, 5.74) is 0.580. The number of aryl methyl sites for hydroxylation is 1. The van der Waals surface area contributed by atoms with E-state index >= 15 is 0 Å². The summed E-state index contributed by atoms with van der Waals surface area (Å²) in [7, 11) is 0. The number of aliphatic hydroxyl groups excluding tert-OH is 1. The Balaban J connectivity index is 2.07. The van der Waals surface area contributed by atoms with Crippen LogP contribution in [0, 0.1) is 12.3 Å². The van der Waals surface area contributed by atoms with Crippen LogP contribution in [0.5, 0.6) is 0 Å². The SMILES string of the molecule is Cc1ccsc1NC(=O)C1(CO)CCC1. The normalized spacial score (nSPS) is 18.3. The van der Waals surface area contributed by atoms with Crippen molar-refractivity contribution in [3.8, 4) is 0 Å². The second-order valence-corrected chi connectivity index (χ2v) is 5.09. The first kappa shape index (κ1) is 10.6. The molecule has 2 rings (SSSR count). The zero-order valence-electron chi connectivity index (χ0n) is 8.75. The average molecular weight is 225 g/mol. The Bertz CT molecular complexity index is 363. The van der Waals surface area contributed by atoms with Gasteiger partial charge in [-0.3, -0.25) is 4.79 Å². The van der Waals surface area contributed by atoms with Crippen LogP contribution in [0.25, 0.3) is 0 Å². The van der Waals surface area contributed by atoms with E-state index in [0.29, 0.717) is 0 Å². The van der Waals surface area contributed by atoms with Gasteiger partial charge >= 0.3 is 0 Å². The average Bonchev–Trinajstić information content (AvgIpc) is 2.51. The first-order chi connectivity index (χ1) is 7.18. The van der Waals surface area contributed by atoms with E-state index < -0.39 is 5.41 Å². The minimum atomic E-state index is -0.504. The molecule has 0 unspecified atom stereocenters. The summed E-state index contributed by atoms with van der Waals surface area (Å²) in [5, 5.41) is 15.0. The monoisotopic (exact) mass is 225 g/mol. The summed E-state index contributed by atoms with van der Waals surface area (Å²) >= 11 is 1.53. The standard InChI is InChI=1S/C11H15NO2S/c1-8-3-6-15-9(8)12-10(14)11(7-13)4-2-5-11/h3,6,13H,2,4-5,7H2,1H3,(H,12,14). The number of hydrogen-bond acceptors (Lipinski definition) is 3. The largest absolute Gasteiger partial charge is 0.395 e. The van der Waals surface area contributed by atoms with Gasteiger partial charge in [0.25, 0.3) is 0 Å². The molecule has 1 aromatic heterocycles. The molecule has 0 aromatic carbocycles. The third kappa shape index (κ3) is 1.79. The number of aliphatic hydroxyl groups is 1. The van der Waals surface area contributed by atoms with Crippen LogP contribution in [-0.4, -0.2) is 17.6 Å². The number of amides is 1. The van der Waals surface area contributed by atoms with Crippen molar-refractivity contribution in [2.75, 3.05) is 11.9 Å². The van der Waals surface area contributed by atoms with Crippen molar-refractivity contribution in [1.29, 1.82) is 0 Å². The minimum absolute atomic E-state index is 0.0261. The van der Waals surface area contributed by atoms with Crippen molar-refractivity contribution in [1.82, 2.24) is 0 Å². The Morgan fingerprint density at radius 1 is 1.67 bits per heavy atom. The van der Waals surface area contributed by atoms with Crippen LogP contribution in [0.15, 0.2) is 11.4 Å². The molecule has 1 fully saturated rings. The topological polar surface area (TPSA) is 49.3 Å². The highest BCUT2D eigenvalue weighted by Gasteiger charge is 2.43. The summed E-state index contributed by atoms with van der Waals surface area (Å²) in [6.07, 6.45) is 2.65. The van der Waals surface area contributed by atoms with E-state index in [1.807, 2.05) is 18.4 Å². The molecular weight excluding hydrogens is 210 g/mol. The molecule has 0 spiro atoms. The highest BCUT2D eigenvalue weighted by molar-refractivity contribution is 7.14. The Morgan fingerprint density at radius 2 is 2.40 bits per heavy atom. The van der Waals surface area contributed by atoms with Gasteiger partial charge in [0.15, 0.2) is 0 Å². The Hall–Kier alpha value is -0.870. The van der Waals surface area contributed by atoms with E-state index in [4.69, 9.17) is 0 Å². The van der Waals surface area contributed by atoms with E-state index in [-0.39, 0.29) is 12.5 Å². The molecule has 2 N–H and O–H groups in total. The van der Waals surface area contributed by atoms with Gasteiger partial charge in [-0.25, -0.2) is 0 Å². The van der Waals surface area contributed by atoms with Crippen LogP contribution in [-0.2, 0) is 4.79 Å². The van der Waals surface area contributed by atoms with Crippen molar-refractivity contribution >= 4 is 22.2 Å². The number of rotatable bonds is 3. The molecular formula is C11H15NO2S. The number of thiophene rings is 1. The third-order valence-corrected chi connectivity index (χ3v) is 4.12. The van der Waals surface area contributed by atoms with E-state index in [1.54, 1.807) is 0 Å². The molecule has 4 heteroatoms. The lowest BCUT2D eigenvalue weighted by molar-refractivity contribution is -0.133. The second-order valence-electron chi connectivity index (χ2n) is 4.18. The van der Waals surface area contributed by atoms with Crippen LogP contribution in [0.1, 0.15) is 24.8 Å². The molecule has 1 aromatic rings. The van der Waals surface area contributed by atoms with E-state index in [1.165, 1.54) is 11.3 Å². The number of carbonyl (C=O) groups excluding carboxylic acids is 1. The molecule has 15 heavy (non-hydrogen) atoms. The minimum Gasteiger partial charge on any atom is -0.395 e. The van der Waals surface area contributed by atoms with E-state index in [2.05, 4.69) is 5.32 Å². The van der Waals surface area contributed by atoms with Crippen LogP contribution in [0.3, 0.4) is 0 Å². The lowest BCUT2D eigenvalue weighted by Crippen LogP contribution is -2.44. The van der Waals surface area contributed by atoms with Gasteiger partial charge in [-0.1, -0.05) is 6.42 Å². The summed E-state index contributed by atoms with van der Waals surface area (Å²) in [6.45, 7) is 1.93. The van der Waals surface area contributed by atoms with Crippen molar-refractivity contribution in [3.05, 3.63) is 17.0 Å². The number of carbonyl (C=O) groups is 1. The first-order valence-electron chi connectivity index (χ1n) is 5.14. The van der Waals surface area contributed by atoms with Crippen LogP contribution >= 0.6 is 11.3 Å². The molecule has 0 atom stereocenters. The second kappa shape index (κ2) is 3.94. The maximum absolute atomic E-state index is 11.9. The fraction of sp³-hybridized carbons (Fsp3) is 0.545. The Labute approximate surface area is 93.1 Å². The third-order valence-electron chi connectivity index (χ3n) is 3.18. The van der Waals surface area contributed by atoms with Gasteiger partial charge < -0.3 is 10.4 Å². The van der Waals surface area contributed by atoms with Crippen molar-refractivity contribution in [2.45, 2.75) is 26.2 Å². The lowest BCUT2D eigenvalue weighted by Gasteiger charge is -2.38. The molecule has 1 amide bonds. The summed E-state index contributed by atoms with van der Waals surface area (Å²) in [4.78, 5) is 11.9. The molecule has 0 saturated heterocycles. The van der Waals surface area contributed by atoms with E-state index in [0.717, 1.165) is 29.8 Å².